The van der Waals surface area contributed by atoms with Gasteiger partial charge in [-0.3, -0.25) is 0 Å². The molecule has 0 bridgehead atoms. The van der Waals surface area contributed by atoms with Gasteiger partial charge in [0.25, 0.3) is 0 Å². The average molecular weight is 243 g/mol. The Kier molecular flexibility index (Phi) is 4.46. The van der Waals surface area contributed by atoms with Crippen molar-refractivity contribution in [3.05, 3.63) is 29.8 Å². The van der Waals surface area contributed by atoms with E-state index >= 15 is 0 Å². The van der Waals surface area contributed by atoms with Crippen molar-refractivity contribution in [2.24, 2.45) is 0 Å². The summed E-state index contributed by atoms with van der Waals surface area (Å²) < 4.78 is 31.6. The summed E-state index contributed by atoms with van der Waals surface area (Å²) in [6.45, 7) is 5.81. The average Bonchev–Trinajstić information content (AvgIpc) is 2.23. The molecular weight excluding hydrogens is 224 g/mol. The van der Waals surface area contributed by atoms with Crippen molar-refractivity contribution in [1.82, 2.24) is 0 Å². The molecule has 0 heterocycles. The first kappa shape index (κ1) is 13.9. The maximum absolute atomic E-state index is 13.4. The van der Waals surface area contributed by atoms with Crippen molar-refractivity contribution >= 4 is 5.69 Å². The van der Waals surface area contributed by atoms with E-state index in [1.54, 1.807) is 7.11 Å². The molecule has 0 saturated carbocycles. The van der Waals surface area contributed by atoms with Crippen LogP contribution in [0.1, 0.15) is 27.2 Å². The van der Waals surface area contributed by atoms with E-state index < -0.39 is 11.6 Å². The molecule has 4 heteroatoms. The van der Waals surface area contributed by atoms with Gasteiger partial charge in [-0.15, -0.1) is 0 Å². The van der Waals surface area contributed by atoms with E-state index in [1.165, 1.54) is 0 Å². The van der Waals surface area contributed by atoms with Crippen molar-refractivity contribution in [3.8, 4) is 0 Å². The van der Waals surface area contributed by atoms with Crippen LogP contribution >= 0.6 is 0 Å². The first-order chi connectivity index (χ1) is 7.84. The summed E-state index contributed by atoms with van der Waals surface area (Å²) in [5.41, 5.74) is -0.111. The van der Waals surface area contributed by atoms with Crippen molar-refractivity contribution in [1.29, 1.82) is 0 Å². The number of anilines is 1. The van der Waals surface area contributed by atoms with Gasteiger partial charge in [0.1, 0.15) is 11.6 Å². The maximum Gasteiger partial charge on any atom is 0.146 e. The molecule has 0 fully saturated rings. The Morgan fingerprint density at radius 2 is 2.00 bits per heavy atom. The minimum Gasteiger partial charge on any atom is -0.380 e. The Morgan fingerprint density at radius 3 is 2.59 bits per heavy atom. The Bertz CT molecular complexity index is 380. The fourth-order valence-corrected chi connectivity index (χ4v) is 1.75. The van der Waals surface area contributed by atoms with Crippen LogP contribution in [0.3, 0.4) is 0 Å². The van der Waals surface area contributed by atoms with Gasteiger partial charge in [0, 0.05) is 13.2 Å². The van der Waals surface area contributed by atoms with Crippen LogP contribution in [-0.2, 0) is 4.74 Å². The number of hydrogen-bond acceptors (Lipinski definition) is 2. The molecule has 0 aromatic heterocycles. The molecular formula is C13H19F2NO. The highest BCUT2D eigenvalue weighted by molar-refractivity contribution is 5.45. The van der Waals surface area contributed by atoms with E-state index in [-0.39, 0.29) is 17.3 Å². The molecule has 0 amide bonds. The predicted molar refractivity (Wildman–Crippen MR) is 65.1 cm³/mol. The Hall–Kier alpha value is -1.16. The zero-order chi connectivity index (χ0) is 13.1. The Labute approximate surface area is 101 Å². The first-order valence-corrected chi connectivity index (χ1v) is 5.61. The van der Waals surface area contributed by atoms with Gasteiger partial charge in [0.15, 0.2) is 0 Å². The van der Waals surface area contributed by atoms with Crippen LogP contribution < -0.4 is 5.32 Å². The molecule has 1 N–H and O–H groups in total. The minimum atomic E-state index is -0.452. The first-order valence-electron chi connectivity index (χ1n) is 5.61. The lowest BCUT2D eigenvalue weighted by atomic mass is 9.99. The van der Waals surface area contributed by atoms with Crippen LogP contribution in [0.4, 0.5) is 14.5 Å². The van der Waals surface area contributed by atoms with Gasteiger partial charge >= 0.3 is 0 Å². The van der Waals surface area contributed by atoms with Crippen LogP contribution in [0, 0.1) is 11.6 Å². The molecule has 17 heavy (non-hydrogen) atoms. The molecule has 0 saturated heterocycles. The molecule has 0 aliphatic carbocycles. The summed E-state index contributed by atoms with van der Waals surface area (Å²) in [7, 11) is 1.63. The summed E-state index contributed by atoms with van der Waals surface area (Å²) in [6.07, 6.45) is 0.694. The van der Waals surface area contributed by atoms with Crippen molar-refractivity contribution in [3.63, 3.8) is 0 Å². The predicted octanol–water partition coefficient (Wildman–Crippen LogP) is 3.58. The normalized spacial score (nSPS) is 13.5. The van der Waals surface area contributed by atoms with Gasteiger partial charge in [0.05, 0.1) is 11.3 Å². The van der Waals surface area contributed by atoms with E-state index in [0.717, 1.165) is 18.2 Å². The molecule has 1 unspecified atom stereocenters. The summed E-state index contributed by atoms with van der Waals surface area (Å²) in [5.74, 6) is -0.902. The van der Waals surface area contributed by atoms with E-state index in [0.29, 0.717) is 6.42 Å². The van der Waals surface area contributed by atoms with Crippen LogP contribution in [0.25, 0.3) is 0 Å². The zero-order valence-electron chi connectivity index (χ0n) is 10.7. The van der Waals surface area contributed by atoms with Crippen LogP contribution in [0.5, 0.6) is 0 Å². The van der Waals surface area contributed by atoms with Gasteiger partial charge < -0.3 is 10.1 Å². The molecule has 2 nitrogen and oxygen atoms in total. The summed E-state index contributed by atoms with van der Waals surface area (Å²) in [4.78, 5) is 0. The number of methoxy groups -OCH3 is 1. The molecule has 96 valence electrons. The molecule has 0 radical (unpaired) electrons. The second-order valence-electron chi connectivity index (χ2n) is 4.84. The third-order valence-electron chi connectivity index (χ3n) is 2.68. The maximum atomic E-state index is 13.4. The third-order valence-corrected chi connectivity index (χ3v) is 2.68. The lowest BCUT2D eigenvalue weighted by molar-refractivity contribution is 0.0128. The van der Waals surface area contributed by atoms with E-state index in [4.69, 9.17) is 4.74 Å². The number of halogens is 2. The number of nitrogens with one attached hydrogen (secondary N) is 1. The van der Waals surface area contributed by atoms with Crippen molar-refractivity contribution in [2.45, 2.75) is 38.8 Å². The smallest absolute Gasteiger partial charge is 0.146 e. The monoisotopic (exact) mass is 243 g/mol. The fourth-order valence-electron chi connectivity index (χ4n) is 1.75. The zero-order valence-corrected chi connectivity index (χ0v) is 10.7. The molecule has 1 aromatic rings. The Balaban J connectivity index is 2.68. The summed E-state index contributed by atoms with van der Waals surface area (Å²) in [6, 6.07) is 3.36. The van der Waals surface area contributed by atoms with Crippen molar-refractivity contribution in [2.75, 3.05) is 12.4 Å². The SMILES string of the molecule is COC(C)(C)CC(C)Nc1cc(F)ccc1F. The largest absolute Gasteiger partial charge is 0.380 e. The molecule has 0 spiro atoms. The standard InChI is InChI=1S/C13H19F2NO/c1-9(8-13(2,3)17-4)16-12-7-10(14)5-6-11(12)15/h5-7,9,16H,8H2,1-4H3. The highest BCUT2D eigenvalue weighted by atomic mass is 19.1. The molecule has 1 rings (SSSR count). The van der Waals surface area contributed by atoms with E-state index in [9.17, 15) is 8.78 Å². The van der Waals surface area contributed by atoms with Crippen LogP contribution in [-0.4, -0.2) is 18.8 Å². The van der Waals surface area contributed by atoms with Crippen LogP contribution in [0.2, 0.25) is 0 Å². The quantitative estimate of drug-likeness (QED) is 0.853. The molecule has 1 aromatic carbocycles. The molecule has 1 atom stereocenters. The van der Waals surface area contributed by atoms with E-state index in [2.05, 4.69) is 5.32 Å². The third kappa shape index (κ3) is 4.30. The van der Waals surface area contributed by atoms with E-state index in [1.807, 2.05) is 20.8 Å². The topological polar surface area (TPSA) is 21.3 Å². The lowest BCUT2D eigenvalue weighted by Crippen LogP contribution is -2.31. The number of rotatable bonds is 5. The minimum absolute atomic E-state index is 0.0127. The summed E-state index contributed by atoms with van der Waals surface area (Å²) in [5, 5.41) is 2.95. The summed E-state index contributed by atoms with van der Waals surface area (Å²) >= 11 is 0. The van der Waals surface area contributed by atoms with Crippen LogP contribution in [0.15, 0.2) is 18.2 Å². The number of benzene rings is 1. The van der Waals surface area contributed by atoms with Crippen molar-refractivity contribution < 1.29 is 13.5 Å². The molecule has 0 aliphatic heterocycles. The molecule has 0 aliphatic rings. The number of ether oxygens (including phenoxy) is 1. The van der Waals surface area contributed by atoms with Gasteiger partial charge in [-0.05, 0) is 45.4 Å². The Morgan fingerprint density at radius 1 is 1.35 bits per heavy atom. The van der Waals surface area contributed by atoms with Gasteiger partial charge in [-0.2, -0.15) is 0 Å². The lowest BCUT2D eigenvalue weighted by Gasteiger charge is -2.27. The number of hydrogen-bond donors (Lipinski definition) is 1. The van der Waals surface area contributed by atoms with Gasteiger partial charge in [0.2, 0.25) is 0 Å². The van der Waals surface area contributed by atoms with Gasteiger partial charge in [-0.25, -0.2) is 8.78 Å². The second kappa shape index (κ2) is 5.45. The highest BCUT2D eigenvalue weighted by Crippen LogP contribution is 2.21. The van der Waals surface area contributed by atoms with Gasteiger partial charge in [-0.1, -0.05) is 0 Å². The fraction of sp³-hybridized carbons (Fsp3) is 0.538. The highest BCUT2D eigenvalue weighted by Gasteiger charge is 2.20. The second-order valence-corrected chi connectivity index (χ2v) is 4.84.